The van der Waals surface area contributed by atoms with Crippen LogP contribution in [0.15, 0.2) is 71.0 Å². The van der Waals surface area contributed by atoms with Gasteiger partial charge in [0.25, 0.3) is 0 Å². The lowest BCUT2D eigenvalue weighted by Gasteiger charge is -2.30. The van der Waals surface area contributed by atoms with Gasteiger partial charge in [0.15, 0.2) is 5.82 Å². The largest absolute Gasteiger partial charge is 0.496 e. The number of carbonyl (C=O) groups is 5. The first kappa shape index (κ1) is 66.3. The van der Waals surface area contributed by atoms with Crippen LogP contribution >= 0.6 is 0 Å². The predicted molar refractivity (Wildman–Crippen MR) is 314 cm³/mol. The van der Waals surface area contributed by atoms with Crippen molar-refractivity contribution in [1.82, 2.24) is 25.8 Å². The molecule has 1 saturated carbocycles. The number of carboxylic acids is 1. The van der Waals surface area contributed by atoms with E-state index in [0.29, 0.717) is 70.1 Å². The highest BCUT2D eigenvalue weighted by atomic mass is 16.5. The van der Waals surface area contributed by atoms with Gasteiger partial charge >= 0.3 is 18.1 Å². The average molecular weight is 1100 g/mol. The Balaban J connectivity index is 0.000000725. The number of nitrogens with zero attached hydrogens (tertiary/aromatic N) is 2. The van der Waals surface area contributed by atoms with Crippen LogP contribution in [0.1, 0.15) is 162 Å². The number of alkyl carbamates (subject to hydrolysis) is 1. The number of anilines is 1. The molecule has 1 unspecified atom stereocenters. The van der Waals surface area contributed by atoms with Gasteiger partial charge in [0.2, 0.25) is 11.8 Å². The van der Waals surface area contributed by atoms with Crippen molar-refractivity contribution < 1.29 is 43.3 Å². The highest BCUT2D eigenvalue weighted by Gasteiger charge is 2.27. The number of nitrogens with two attached hydrogens (primary N) is 3. The summed E-state index contributed by atoms with van der Waals surface area (Å²) in [4.78, 5) is 62.5. The summed E-state index contributed by atoms with van der Waals surface area (Å²) in [6.45, 7) is 24.1. The Hall–Kier alpha value is -7.02. The third-order valence-corrected chi connectivity index (χ3v) is 13.4. The average Bonchev–Trinajstić information content (AvgIpc) is 3.74. The van der Waals surface area contributed by atoms with Crippen molar-refractivity contribution in [1.29, 1.82) is 0 Å². The van der Waals surface area contributed by atoms with E-state index in [9.17, 15) is 24.0 Å². The number of hydrogen-bond acceptors (Lipinski definition) is 11. The number of methoxy groups -OCH3 is 1. The number of carboxylic acid groups (broad SMARTS) is 1. The van der Waals surface area contributed by atoms with Gasteiger partial charge in [-0.15, -0.1) is 0 Å². The normalized spacial score (nSPS) is 13.2. The van der Waals surface area contributed by atoms with Crippen molar-refractivity contribution in [3.63, 3.8) is 0 Å². The number of nitrogens with one attached hydrogen (secondary N) is 5. The monoisotopic (exact) mass is 1100 g/mol. The molecule has 1 aliphatic carbocycles. The molecule has 5 amide bonds. The molecule has 0 aliphatic heterocycles. The first-order chi connectivity index (χ1) is 37.5. The molecule has 19 heteroatoms. The van der Waals surface area contributed by atoms with Crippen LogP contribution in [0.4, 0.5) is 15.3 Å². The van der Waals surface area contributed by atoms with Gasteiger partial charge in [-0.3, -0.25) is 14.4 Å². The number of hydrogen-bond donors (Lipinski definition) is 9. The second-order valence-corrected chi connectivity index (χ2v) is 22.1. The highest BCUT2D eigenvalue weighted by Crippen LogP contribution is 2.31. The number of aliphatic imine (C=N–C) groups is 1. The lowest BCUT2D eigenvalue weighted by atomic mass is 9.84. The number of urea groups is 1. The van der Waals surface area contributed by atoms with E-state index in [-0.39, 0.29) is 54.1 Å². The molecule has 1 aromatic heterocycles. The molecule has 19 nitrogen and oxygen atoms in total. The number of rotatable bonds is 33. The molecular formula is C60H94N10O9. The number of amidine groups is 1. The molecule has 1 aliphatic rings. The van der Waals surface area contributed by atoms with E-state index in [1.807, 2.05) is 40.0 Å². The van der Waals surface area contributed by atoms with Gasteiger partial charge in [0.1, 0.15) is 18.2 Å². The number of carbonyl (C=O) groups excluding carboxylic acids is 4. The summed E-state index contributed by atoms with van der Waals surface area (Å²) in [6.07, 6.45) is 11.9. The molecular weight excluding hydrogens is 1000 g/mol. The molecule has 2 aromatic carbocycles. The van der Waals surface area contributed by atoms with Crippen molar-refractivity contribution in [3.05, 3.63) is 93.3 Å². The molecule has 0 bridgehead atoms. The molecule has 0 saturated heterocycles. The van der Waals surface area contributed by atoms with E-state index in [2.05, 4.69) is 83.6 Å². The predicted octanol–water partition coefficient (Wildman–Crippen LogP) is 7.76. The summed E-state index contributed by atoms with van der Waals surface area (Å²) >= 11 is 0. The standard InChI is InChI=1S/C46H70N8O6.C14H24N2O3/c1-9-11-13-24-49-42(53-39(47)15-10-2)41-33(3)23-26-54(41)28-35-19-20-36(27-38(35)58-8)46(6,7)32-59-31-45(4,5)30-51-44(57)60-29-34-17-21-37(22-18-34)52-40(55)16-12-14-25-50-43(48)56;1-9(2)14(13(15)10-5-3-6-10)16-11(17)7-4-8-12(18)19/h17-23,26-27,49H,3,9-16,24-25,28-32H2,1-2,4-8H3,(H2,47,53)(H,51,57)(H,52,55)(H3,48,50,56);9,14H,3-8,15H2,1-2H3,(H,16,17)(H,18,19)/b42-41+;. The molecule has 0 spiro atoms. The lowest BCUT2D eigenvalue weighted by Crippen LogP contribution is -2.43. The van der Waals surface area contributed by atoms with Crippen LogP contribution in [-0.4, -0.2) is 91.4 Å². The fourth-order valence-electron chi connectivity index (χ4n) is 8.50. The number of primary amides is 1. The van der Waals surface area contributed by atoms with Crippen molar-refractivity contribution in [3.8, 4) is 5.75 Å². The van der Waals surface area contributed by atoms with Gasteiger partial charge in [-0.05, 0) is 103 Å². The summed E-state index contributed by atoms with van der Waals surface area (Å²) in [5, 5.41) is 25.0. The maximum atomic E-state index is 12.6. The van der Waals surface area contributed by atoms with Crippen LogP contribution in [0, 0.1) is 11.3 Å². The zero-order chi connectivity index (χ0) is 58.5. The van der Waals surface area contributed by atoms with Gasteiger partial charge in [0, 0.05) is 79.3 Å². The van der Waals surface area contributed by atoms with E-state index >= 15 is 0 Å². The topological polar surface area (TPSA) is 289 Å². The SMILES string of the molecule is C=c1ccn(Cc2ccc(C(C)(C)COCC(C)(C)CNC(=O)OCc3ccc(NC(=O)CCCCNC(N)=O)cc3)cc2OC)/c1=C(/N=C(/N)CCC)NCCCCC.CC(C)C(NC(=O)CCCC(=O)O)C(N)=C1CCC1. The quantitative estimate of drug-likeness (QED) is 0.0161. The summed E-state index contributed by atoms with van der Waals surface area (Å²) in [5.74, 6) is 1.23. The summed E-state index contributed by atoms with van der Waals surface area (Å²) in [5.41, 5.74) is 22.4. The minimum Gasteiger partial charge on any atom is -0.496 e. The molecule has 3 aromatic rings. The van der Waals surface area contributed by atoms with E-state index in [4.69, 9.17) is 41.5 Å². The molecule has 1 atom stereocenters. The number of allylic oxidation sites excluding steroid dienone is 1. The maximum absolute atomic E-state index is 12.6. The van der Waals surface area contributed by atoms with E-state index < -0.39 is 18.1 Å². The summed E-state index contributed by atoms with van der Waals surface area (Å²) in [7, 11) is 1.69. The number of ether oxygens (including phenoxy) is 3. The second-order valence-electron chi connectivity index (χ2n) is 22.1. The van der Waals surface area contributed by atoms with Crippen molar-refractivity contribution in [2.24, 2.45) is 33.5 Å². The Bertz CT molecular complexity index is 2600. The zero-order valence-corrected chi connectivity index (χ0v) is 48.7. The van der Waals surface area contributed by atoms with Crippen molar-refractivity contribution >= 4 is 53.8 Å². The molecule has 438 valence electrons. The van der Waals surface area contributed by atoms with Gasteiger partial charge in [0.05, 0.1) is 38.3 Å². The van der Waals surface area contributed by atoms with Gasteiger partial charge in [-0.2, -0.15) is 0 Å². The van der Waals surface area contributed by atoms with Gasteiger partial charge in [-0.25, -0.2) is 14.6 Å². The van der Waals surface area contributed by atoms with Crippen LogP contribution in [0.25, 0.3) is 12.4 Å². The first-order valence-electron chi connectivity index (χ1n) is 28.0. The Morgan fingerprint density at radius 3 is 2.11 bits per heavy atom. The highest BCUT2D eigenvalue weighted by molar-refractivity contribution is 5.90. The smallest absolute Gasteiger partial charge is 0.407 e. The number of aliphatic carboxylic acids is 1. The van der Waals surface area contributed by atoms with Crippen molar-refractivity contribution in [2.75, 3.05) is 45.3 Å². The molecule has 1 heterocycles. The van der Waals surface area contributed by atoms with Crippen LogP contribution < -0.4 is 59.1 Å². The number of benzene rings is 2. The molecule has 79 heavy (non-hydrogen) atoms. The fourth-order valence-corrected chi connectivity index (χ4v) is 8.50. The second kappa shape index (κ2) is 34.1. The number of amides is 5. The van der Waals surface area contributed by atoms with Gasteiger partial charge in [-0.1, -0.05) is 99.1 Å². The lowest BCUT2D eigenvalue weighted by molar-refractivity contribution is -0.137. The van der Waals surface area contributed by atoms with Crippen LogP contribution in [0.5, 0.6) is 5.75 Å². The first-order valence-corrected chi connectivity index (χ1v) is 28.0. The van der Waals surface area contributed by atoms with E-state index in [0.717, 1.165) is 96.0 Å². The third kappa shape index (κ3) is 24.7. The van der Waals surface area contributed by atoms with Crippen LogP contribution in [-0.2, 0) is 42.4 Å². The number of unbranched alkanes of at least 4 members (excludes halogenated alkanes) is 3. The maximum Gasteiger partial charge on any atom is 0.407 e. The Morgan fingerprint density at radius 2 is 1.49 bits per heavy atom. The van der Waals surface area contributed by atoms with Gasteiger partial charge < -0.3 is 67.7 Å². The molecule has 0 radical (unpaired) electrons. The Kier molecular flexibility index (Phi) is 28.6. The van der Waals surface area contributed by atoms with E-state index in [1.54, 1.807) is 31.4 Å². The zero-order valence-electron chi connectivity index (χ0n) is 48.7. The Morgan fingerprint density at radius 1 is 0.810 bits per heavy atom. The summed E-state index contributed by atoms with van der Waals surface area (Å²) < 4.78 is 19.8. The van der Waals surface area contributed by atoms with Crippen molar-refractivity contribution in [2.45, 2.75) is 170 Å². The van der Waals surface area contributed by atoms with E-state index in [1.165, 1.54) is 12.0 Å². The van der Waals surface area contributed by atoms with Crippen LogP contribution in [0.2, 0.25) is 0 Å². The van der Waals surface area contributed by atoms with Crippen LogP contribution in [0.3, 0.4) is 0 Å². The molecule has 12 N–H and O–H groups in total. The minimum absolute atomic E-state index is 0.0241. The third-order valence-electron chi connectivity index (χ3n) is 13.4. The molecule has 1 fully saturated rings. The Labute approximate surface area is 469 Å². The fraction of sp³-hybridized carbons (Fsp3) is 0.567. The minimum atomic E-state index is -0.871. The number of aromatic nitrogens is 1. The summed E-state index contributed by atoms with van der Waals surface area (Å²) in [6, 6.07) is 14.7. The molecule has 4 rings (SSSR count).